The van der Waals surface area contributed by atoms with Gasteiger partial charge in [0.1, 0.15) is 5.82 Å². The lowest BCUT2D eigenvalue weighted by Gasteiger charge is -2.29. The molecule has 0 radical (unpaired) electrons. The molecule has 0 atom stereocenters. The molecule has 3 aromatic rings. The van der Waals surface area contributed by atoms with Crippen LogP contribution in [0.2, 0.25) is 0 Å². The van der Waals surface area contributed by atoms with E-state index in [1.165, 1.54) is 18.2 Å². The van der Waals surface area contributed by atoms with Gasteiger partial charge in [0.05, 0.1) is 13.2 Å². The van der Waals surface area contributed by atoms with Crippen molar-refractivity contribution in [1.29, 1.82) is 0 Å². The Morgan fingerprint density at radius 1 is 0.839 bits per heavy atom. The highest BCUT2D eigenvalue weighted by molar-refractivity contribution is 5.71. The number of ether oxygens (including phenoxy) is 2. The van der Waals surface area contributed by atoms with Crippen LogP contribution in [0, 0.1) is 17.5 Å². The molecule has 0 saturated carbocycles. The number of rotatable bonds is 6. The number of halogens is 3. The topological polar surface area (TPSA) is 18.5 Å². The summed E-state index contributed by atoms with van der Waals surface area (Å²) in [5.74, 6) is -2.25. The van der Waals surface area contributed by atoms with E-state index in [1.807, 2.05) is 12.1 Å². The molecule has 2 nitrogen and oxygen atoms in total. The number of benzene rings is 3. The van der Waals surface area contributed by atoms with E-state index in [0.29, 0.717) is 29.9 Å². The van der Waals surface area contributed by atoms with Crippen molar-refractivity contribution in [2.75, 3.05) is 13.2 Å². The first-order valence-corrected chi connectivity index (χ1v) is 10.2. The van der Waals surface area contributed by atoms with Crippen LogP contribution in [0.15, 0.2) is 73.3 Å². The van der Waals surface area contributed by atoms with Gasteiger partial charge in [0, 0.05) is 17.9 Å². The molecule has 160 valence electrons. The van der Waals surface area contributed by atoms with Crippen molar-refractivity contribution in [2.45, 2.75) is 25.0 Å². The molecule has 1 fully saturated rings. The molecule has 0 bridgehead atoms. The second-order valence-electron chi connectivity index (χ2n) is 7.57. The minimum Gasteiger partial charge on any atom is -0.352 e. The van der Waals surface area contributed by atoms with Crippen LogP contribution in [-0.4, -0.2) is 19.5 Å². The average molecular weight is 424 g/mol. The summed E-state index contributed by atoms with van der Waals surface area (Å²) in [6.07, 6.45) is 3.10. The third kappa shape index (κ3) is 4.73. The van der Waals surface area contributed by atoms with Gasteiger partial charge in [-0.15, -0.1) is 6.58 Å². The predicted octanol–water partition coefficient (Wildman–Crippen LogP) is 6.86. The van der Waals surface area contributed by atoms with Gasteiger partial charge in [-0.1, -0.05) is 54.6 Å². The Labute approximate surface area is 179 Å². The van der Waals surface area contributed by atoms with Gasteiger partial charge in [-0.2, -0.15) is 0 Å². The van der Waals surface area contributed by atoms with Crippen LogP contribution in [0.3, 0.4) is 0 Å². The van der Waals surface area contributed by atoms with Crippen molar-refractivity contribution in [1.82, 2.24) is 0 Å². The maximum atomic E-state index is 14.8. The fourth-order valence-corrected chi connectivity index (χ4v) is 3.75. The zero-order valence-electron chi connectivity index (χ0n) is 17.0. The van der Waals surface area contributed by atoms with Crippen molar-refractivity contribution < 1.29 is 22.6 Å². The maximum absolute atomic E-state index is 14.8. The van der Waals surface area contributed by atoms with Gasteiger partial charge >= 0.3 is 0 Å². The second-order valence-corrected chi connectivity index (χ2v) is 7.57. The van der Waals surface area contributed by atoms with E-state index in [-0.39, 0.29) is 23.6 Å². The molecule has 0 spiro atoms. The molecule has 1 saturated heterocycles. The lowest BCUT2D eigenvalue weighted by molar-refractivity contribution is -0.189. The molecule has 0 N–H and O–H groups in total. The van der Waals surface area contributed by atoms with Gasteiger partial charge < -0.3 is 9.47 Å². The summed E-state index contributed by atoms with van der Waals surface area (Å²) < 4.78 is 53.7. The SMILES string of the molecule is C=CCCC1OCC(c2ccc(-c3ccc(-c4cccc(F)c4F)cc3)cc2F)CO1. The Hall–Kier alpha value is -2.89. The minimum atomic E-state index is -0.887. The van der Waals surface area contributed by atoms with Crippen molar-refractivity contribution in [3.8, 4) is 22.3 Å². The largest absolute Gasteiger partial charge is 0.352 e. The fraction of sp³-hybridized carbons (Fsp3) is 0.231. The molecular weight excluding hydrogens is 401 g/mol. The van der Waals surface area contributed by atoms with Gasteiger partial charge in [0.15, 0.2) is 17.9 Å². The molecule has 3 aromatic carbocycles. The predicted molar refractivity (Wildman–Crippen MR) is 115 cm³/mol. The smallest absolute Gasteiger partial charge is 0.166 e. The first-order valence-electron chi connectivity index (χ1n) is 10.2. The van der Waals surface area contributed by atoms with E-state index in [1.54, 1.807) is 30.3 Å². The highest BCUT2D eigenvalue weighted by Gasteiger charge is 2.25. The van der Waals surface area contributed by atoms with Crippen LogP contribution in [0.4, 0.5) is 13.2 Å². The van der Waals surface area contributed by atoms with Crippen molar-refractivity contribution in [3.63, 3.8) is 0 Å². The van der Waals surface area contributed by atoms with Crippen LogP contribution in [0.5, 0.6) is 0 Å². The maximum Gasteiger partial charge on any atom is 0.166 e. The molecule has 0 aromatic heterocycles. The highest BCUT2D eigenvalue weighted by Crippen LogP contribution is 2.31. The van der Waals surface area contributed by atoms with Gasteiger partial charge in [-0.25, -0.2) is 13.2 Å². The van der Waals surface area contributed by atoms with E-state index >= 15 is 0 Å². The molecule has 1 heterocycles. The van der Waals surface area contributed by atoms with Crippen LogP contribution in [-0.2, 0) is 9.47 Å². The monoisotopic (exact) mass is 424 g/mol. The van der Waals surface area contributed by atoms with Crippen molar-refractivity contribution in [3.05, 3.63) is 96.3 Å². The number of hydrogen-bond acceptors (Lipinski definition) is 2. The summed E-state index contributed by atoms with van der Waals surface area (Å²) >= 11 is 0. The summed E-state index contributed by atoms with van der Waals surface area (Å²) in [7, 11) is 0. The van der Waals surface area contributed by atoms with Gasteiger partial charge in [-0.05, 0) is 40.8 Å². The molecule has 31 heavy (non-hydrogen) atoms. The minimum absolute atomic E-state index is 0.160. The summed E-state index contributed by atoms with van der Waals surface area (Å²) in [5.41, 5.74) is 2.79. The first-order chi connectivity index (χ1) is 15.1. The number of allylic oxidation sites excluding steroid dienone is 1. The van der Waals surface area contributed by atoms with E-state index in [0.717, 1.165) is 24.5 Å². The molecule has 1 aliphatic heterocycles. The third-order valence-electron chi connectivity index (χ3n) is 5.49. The second kappa shape index (κ2) is 9.50. The molecular formula is C26H23F3O2. The van der Waals surface area contributed by atoms with Crippen molar-refractivity contribution >= 4 is 0 Å². The van der Waals surface area contributed by atoms with Gasteiger partial charge in [0.2, 0.25) is 0 Å². The zero-order valence-corrected chi connectivity index (χ0v) is 17.0. The van der Waals surface area contributed by atoms with Gasteiger partial charge in [-0.3, -0.25) is 0 Å². The van der Waals surface area contributed by atoms with E-state index < -0.39 is 11.6 Å². The van der Waals surface area contributed by atoms with Crippen LogP contribution in [0.1, 0.15) is 24.3 Å². The zero-order chi connectivity index (χ0) is 21.8. The van der Waals surface area contributed by atoms with Gasteiger partial charge in [0.25, 0.3) is 0 Å². The molecule has 1 aliphatic rings. The van der Waals surface area contributed by atoms with E-state index in [9.17, 15) is 13.2 Å². The summed E-state index contributed by atoms with van der Waals surface area (Å²) in [5, 5.41) is 0. The molecule has 0 aliphatic carbocycles. The summed E-state index contributed by atoms with van der Waals surface area (Å²) in [6, 6.07) is 16.1. The first kappa shape index (κ1) is 21.3. The summed E-state index contributed by atoms with van der Waals surface area (Å²) in [6.45, 7) is 4.50. The Kier molecular flexibility index (Phi) is 6.54. The standard InChI is InChI=1S/C26H23F3O2/c1-2-3-7-25-30-15-20(16-31-25)21-13-12-19(14-24(21)28)17-8-10-18(11-9-17)22-5-4-6-23(27)26(22)29/h2,4-6,8-14,20,25H,1,3,7,15-16H2. The Bertz CT molecular complexity index is 1050. The van der Waals surface area contributed by atoms with E-state index in [2.05, 4.69) is 6.58 Å². The Morgan fingerprint density at radius 3 is 2.19 bits per heavy atom. The Balaban J connectivity index is 1.48. The van der Waals surface area contributed by atoms with Crippen LogP contribution < -0.4 is 0 Å². The third-order valence-corrected chi connectivity index (χ3v) is 5.49. The lowest BCUT2D eigenvalue weighted by Crippen LogP contribution is -2.31. The fourth-order valence-electron chi connectivity index (χ4n) is 3.75. The number of hydrogen-bond donors (Lipinski definition) is 0. The molecule has 0 amide bonds. The quantitative estimate of drug-likeness (QED) is 0.403. The average Bonchev–Trinajstić information content (AvgIpc) is 2.80. The Morgan fingerprint density at radius 2 is 1.52 bits per heavy atom. The van der Waals surface area contributed by atoms with Crippen LogP contribution in [0.25, 0.3) is 22.3 Å². The van der Waals surface area contributed by atoms with E-state index in [4.69, 9.17) is 9.47 Å². The summed E-state index contributed by atoms with van der Waals surface area (Å²) in [4.78, 5) is 0. The molecule has 0 unspecified atom stereocenters. The normalized spacial score (nSPS) is 18.7. The highest BCUT2D eigenvalue weighted by atomic mass is 19.2. The van der Waals surface area contributed by atoms with Crippen LogP contribution >= 0.6 is 0 Å². The lowest BCUT2D eigenvalue weighted by atomic mass is 9.95. The molecule has 5 heteroatoms. The van der Waals surface area contributed by atoms with Crippen molar-refractivity contribution in [2.24, 2.45) is 0 Å². The molecule has 4 rings (SSSR count).